The van der Waals surface area contributed by atoms with Gasteiger partial charge in [-0.3, -0.25) is 0 Å². The second-order valence-corrected chi connectivity index (χ2v) is 10.1. The summed E-state index contributed by atoms with van der Waals surface area (Å²) in [4.78, 5) is 0. The van der Waals surface area contributed by atoms with Gasteiger partial charge < -0.3 is 0 Å². The van der Waals surface area contributed by atoms with Gasteiger partial charge in [0.25, 0.3) is 0 Å². The molecule has 1 aliphatic carbocycles. The Morgan fingerprint density at radius 2 is 1.26 bits per heavy atom. The van der Waals surface area contributed by atoms with E-state index in [1.165, 1.54) is 5.56 Å². The summed E-state index contributed by atoms with van der Waals surface area (Å²) in [6.45, 7) is 4.29. The van der Waals surface area contributed by atoms with E-state index in [0.717, 1.165) is 75.3 Å². The summed E-state index contributed by atoms with van der Waals surface area (Å²) >= 11 is 0. The van der Waals surface area contributed by atoms with Gasteiger partial charge in [0.2, 0.25) is 0 Å². The molecule has 0 aromatic heterocycles. The van der Waals surface area contributed by atoms with Crippen molar-refractivity contribution in [3.05, 3.63) is 94.3 Å². The third kappa shape index (κ3) is 6.00. The molecule has 0 bridgehead atoms. The molecular formula is C32H37F3. The zero-order valence-corrected chi connectivity index (χ0v) is 21.1. The van der Waals surface area contributed by atoms with Crippen LogP contribution in [0.1, 0.15) is 99.3 Å². The summed E-state index contributed by atoms with van der Waals surface area (Å²) in [5.41, 5.74) is 4.50. The van der Waals surface area contributed by atoms with E-state index < -0.39 is 11.6 Å². The van der Waals surface area contributed by atoms with Crippen molar-refractivity contribution in [2.75, 3.05) is 0 Å². The molecule has 1 fully saturated rings. The van der Waals surface area contributed by atoms with Crippen LogP contribution in [0.25, 0.3) is 11.1 Å². The number of hydrogen-bond donors (Lipinski definition) is 0. The van der Waals surface area contributed by atoms with Gasteiger partial charge in [0, 0.05) is 5.56 Å². The maximum absolute atomic E-state index is 15.2. The Bertz CT molecular complexity index is 1110. The smallest absolute Gasteiger partial charge is 0.166 e. The van der Waals surface area contributed by atoms with Crippen molar-refractivity contribution in [2.45, 2.75) is 89.9 Å². The molecule has 0 aliphatic heterocycles. The van der Waals surface area contributed by atoms with Crippen molar-refractivity contribution in [3.8, 4) is 11.1 Å². The quantitative estimate of drug-likeness (QED) is 0.268. The zero-order chi connectivity index (χ0) is 24.8. The van der Waals surface area contributed by atoms with Crippen LogP contribution < -0.4 is 0 Å². The standard InChI is InChI=1S/C32H37F3/c1-3-5-6-8-23-11-18-27(30(33)21-23)24-14-16-26(17-15-24)29-20-19-28(31(34)32(29)35)25-12-9-22(7-4-2)10-13-25/h9-13,18-21,24,26H,3-8,14-17H2,1-2H3. The molecule has 0 N–H and O–H groups in total. The Morgan fingerprint density at radius 1 is 0.629 bits per heavy atom. The molecule has 0 radical (unpaired) electrons. The van der Waals surface area contributed by atoms with Crippen LogP contribution in [0, 0.1) is 17.5 Å². The highest BCUT2D eigenvalue weighted by Crippen LogP contribution is 2.43. The first-order chi connectivity index (χ1) is 17.0. The molecule has 4 rings (SSSR count). The average Bonchev–Trinajstić information content (AvgIpc) is 2.87. The fraction of sp³-hybridized carbons (Fsp3) is 0.438. The predicted molar refractivity (Wildman–Crippen MR) is 139 cm³/mol. The number of unbranched alkanes of at least 4 members (excludes halogenated alkanes) is 2. The third-order valence-electron chi connectivity index (χ3n) is 7.66. The lowest BCUT2D eigenvalue weighted by molar-refractivity contribution is 0.375. The van der Waals surface area contributed by atoms with Crippen LogP contribution in [-0.2, 0) is 12.8 Å². The Balaban J connectivity index is 1.42. The van der Waals surface area contributed by atoms with Crippen molar-refractivity contribution >= 4 is 0 Å². The van der Waals surface area contributed by atoms with Gasteiger partial charge in [-0.25, -0.2) is 13.2 Å². The summed E-state index contributed by atoms with van der Waals surface area (Å²) in [5.74, 6) is -1.50. The van der Waals surface area contributed by atoms with Gasteiger partial charge >= 0.3 is 0 Å². The molecule has 1 aliphatic rings. The van der Waals surface area contributed by atoms with E-state index in [4.69, 9.17) is 0 Å². The minimum atomic E-state index is -0.766. The lowest BCUT2D eigenvalue weighted by Gasteiger charge is -2.30. The van der Waals surface area contributed by atoms with Gasteiger partial charge in [-0.2, -0.15) is 0 Å². The second-order valence-electron chi connectivity index (χ2n) is 10.1. The normalized spacial score (nSPS) is 18.1. The first-order valence-electron chi connectivity index (χ1n) is 13.4. The molecule has 0 nitrogen and oxygen atoms in total. The number of halogens is 3. The van der Waals surface area contributed by atoms with E-state index in [2.05, 4.69) is 19.9 Å². The molecule has 0 heterocycles. The van der Waals surface area contributed by atoms with Crippen LogP contribution >= 0.6 is 0 Å². The fourth-order valence-corrected chi connectivity index (χ4v) is 5.59. The van der Waals surface area contributed by atoms with E-state index >= 15 is 8.78 Å². The van der Waals surface area contributed by atoms with Gasteiger partial charge in [-0.15, -0.1) is 0 Å². The number of aryl methyl sites for hydroxylation is 2. The molecule has 35 heavy (non-hydrogen) atoms. The molecule has 186 valence electrons. The monoisotopic (exact) mass is 478 g/mol. The highest BCUT2D eigenvalue weighted by Gasteiger charge is 2.28. The van der Waals surface area contributed by atoms with E-state index in [-0.39, 0.29) is 17.7 Å². The van der Waals surface area contributed by atoms with Crippen LogP contribution in [0.4, 0.5) is 13.2 Å². The van der Waals surface area contributed by atoms with Crippen molar-refractivity contribution in [1.29, 1.82) is 0 Å². The molecule has 1 saturated carbocycles. The largest absolute Gasteiger partial charge is 0.207 e. The van der Waals surface area contributed by atoms with E-state index in [9.17, 15) is 4.39 Å². The van der Waals surface area contributed by atoms with Gasteiger partial charge in [0.15, 0.2) is 11.6 Å². The van der Waals surface area contributed by atoms with Crippen LogP contribution in [0.3, 0.4) is 0 Å². The van der Waals surface area contributed by atoms with Crippen molar-refractivity contribution in [1.82, 2.24) is 0 Å². The maximum Gasteiger partial charge on any atom is 0.166 e. The van der Waals surface area contributed by atoms with E-state index in [1.54, 1.807) is 18.2 Å². The summed E-state index contributed by atoms with van der Waals surface area (Å²) in [5, 5.41) is 0. The van der Waals surface area contributed by atoms with Crippen molar-refractivity contribution < 1.29 is 13.2 Å². The Morgan fingerprint density at radius 3 is 1.89 bits per heavy atom. The number of rotatable bonds is 9. The molecule has 0 atom stereocenters. The molecule has 3 heteroatoms. The molecule has 0 spiro atoms. The predicted octanol–water partition coefficient (Wildman–Crippen LogP) is 9.90. The molecule has 3 aromatic rings. The van der Waals surface area contributed by atoms with Gasteiger partial charge in [0.05, 0.1) is 0 Å². The lowest BCUT2D eigenvalue weighted by atomic mass is 9.75. The average molecular weight is 479 g/mol. The molecule has 0 saturated heterocycles. The Labute approximate surface area is 208 Å². The van der Waals surface area contributed by atoms with E-state index in [0.29, 0.717) is 16.7 Å². The number of benzene rings is 3. The van der Waals surface area contributed by atoms with Crippen LogP contribution in [-0.4, -0.2) is 0 Å². The first kappa shape index (κ1) is 25.5. The SMILES string of the molecule is CCCCCc1ccc(C2CCC(c3ccc(-c4ccc(CCC)cc4)c(F)c3F)CC2)c(F)c1. The molecule has 0 unspecified atom stereocenters. The summed E-state index contributed by atoms with van der Waals surface area (Å²) in [6.07, 6.45) is 9.42. The van der Waals surface area contributed by atoms with Gasteiger partial charge in [0.1, 0.15) is 5.82 Å². The fourth-order valence-electron chi connectivity index (χ4n) is 5.59. The summed E-state index contributed by atoms with van der Waals surface area (Å²) in [7, 11) is 0. The minimum Gasteiger partial charge on any atom is -0.207 e. The van der Waals surface area contributed by atoms with Crippen molar-refractivity contribution in [2.24, 2.45) is 0 Å². The van der Waals surface area contributed by atoms with Gasteiger partial charge in [-0.1, -0.05) is 81.6 Å². The Kier molecular flexibility index (Phi) is 8.70. The zero-order valence-electron chi connectivity index (χ0n) is 21.1. The Hall–Kier alpha value is -2.55. The van der Waals surface area contributed by atoms with Crippen LogP contribution in [0.2, 0.25) is 0 Å². The lowest BCUT2D eigenvalue weighted by Crippen LogP contribution is -2.15. The highest BCUT2D eigenvalue weighted by atomic mass is 19.2. The summed E-state index contributed by atoms with van der Waals surface area (Å²) in [6, 6.07) is 16.9. The van der Waals surface area contributed by atoms with Gasteiger partial charge in [-0.05, 0) is 90.7 Å². The third-order valence-corrected chi connectivity index (χ3v) is 7.66. The minimum absolute atomic E-state index is 0.0295. The second kappa shape index (κ2) is 11.9. The molecule has 0 amide bonds. The highest BCUT2D eigenvalue weighted by molar-refractivity contribution is 5.65. The molecule has 3 aromatic carbocycles. The van der Waals surface area contributed by atoms with Crippen molar-refractivity contribution in [3.63, 3.8) is 0 Å². The van der Waals surface area contributed by atoms with Crippen LogP contribution in [0.15, 0.2) is 54.6 Å². The maximum atomic E-state index is 15.2. The molecular weight excluding hydrogens is 441 g/mol. The first-order valence-corrected chi connectivity index (χ1v) is 13.4. The van der Waals surface area contributed by atoms with E-state index in [1.807, 2.05) is 30.3 Å². The topological polar surface area (TPSA) is 0 Å². The van der Waals surface area contributed by atoms with Crippen LogP contribution in [0.5, 0.6) is 0 Å². The number of hydrogen-bond acceptors (Lipinski definition) is 0. The summed E-state index contributed by atoms with van der Waals surface area (Å²) < 4.78 is 45.1.